The predicted molar refractivity (Wildman–Crippen MR) is 31.8 cm³/mol. The molecule has 9 heavy (non-hydrogen) atoms. The first-order chi connectivity index (χ1) is 4.18. The van der Waals surface area contributed by atoms with Gasteiger partial charge in [0.1, 0.15) is 5.67 Å². The normalized spacial score (nSPS) is 55.3. The first-order valence-corrected chi connectivity index (χ1v) is 3.48. The number of rotatable bonds is 1. The largest absolute Gasteiger partial charge is 0.396 e. The van der Waals surface area contributed by atoms with Crippen molar-refractivity contribution in [1.29, 1.82) is 0 Å². The molecule has 2 bridgehead atoms. The zero-order valence-electron chi connectivity index (χ0n) is 5.36. The Balaban J connectivity index is 2.12. The van der Waals surface area contributed by atoms with Gasteiger partial charge in [-0.3, -0.25) is 0 Å². The first kappa shape index (κ1) is 5.66. The summed E-state index contributed by atoms with van der Waals surface area (Å²) in [5.41, 5.74) is -0.836. The van der Waals surface area contributed by atoms with Gasteiger partial charge in [-0.05, 0) is 31.1 Å². The van der Waals surface area contributed by atoms with E-state index in [-0.39, 0.29) is 12.0 Å². The number of aliphatic hydroxyl groups excluding tert-OH is 1. The highest BCUT2D eigenvalue weighted by molar-refractivity contribution is 5.11. The summed E-state index contributed by atoms with van der Waals surface area (Å²) >= 11 is 0. The molecule has 0 aromatic carbocycles. The lowest BCUT2D eigenvalue weighted by atomic mass is 9.69. The summed E-state index contributed by atoms with van der Waals surface area (Å²) in [6.07, 6.45) is 2.83. The van der Waals surface area contributed by atoms with Crippen molar-refractivity contribution in [1.82, 2.24) is 0 Å². The second kappa shape index (κ2) is 1.31. The fourth-order valence-corrected chi connectivity index (χ4v) is 2.33. The topological polar surface area (TPSA) is 20.2 Å². The van der Waals surface area contributed by atoms with Crippen LogP contribution < -0.4 is 0 Å². The van der Waals surface area contributed by atoms with Gasteiger partial charge >= 0.3 is 0 Å². The van der Waals surface area contributed by atoms with Crippen LogP contribution in [0.4, 0.5) is 4.39 Å². The molecule has 0 heterocycles. The summed E-state index contributed by atoms with van der Waals surface area (Å²) in [5, 5.41) is 8.81. The summed E-state index contributed by atoms with van der Waals surface area (Å²) in [5.74, 6) is 0. The van der Waals surface area contributed by atoms with Gasteiger partial charge in [0.15, 0.2) is 0 Å². The lowest BCUT2D eigenvalue weighted by molar-refractivity contribution is -0.0287. The molecule has 1 N–H and O–H groups in total. The van der Waals surface area contributed by atoms with Gasteiger partial charge in [0.2, 0.25) is 0 Å². The summed E-state index contributed by atoms with van der Waals surface area (Å²) < 4.78 is 13.0. The van der Waals surface area contributed by atoms with E-state index in [4.69, 9.17) is 5.11 Å². The van der Waals surface area contributed by atoms with Crippen LogP contribution in [0.15, 0.2) is 0 Å². The molecule has 0 unspecified atom stereocenters. The minimum absolute atomic E-state index is 0.0226. The Hall–Kier alpha value is -0.110. The summed E-state index contributed by atoms with van der Waals surface area (Å²) in [7, 11) is 0. The van der Waals surface area contributed by atoms with Crippen molar-refractivity contribution in [2.45, 2.75) is 31.4 Å². The van der Waals surface area contributed by atoms with Crippen LogP contribution >= 0.6 is 0 Å². The van der Waals surface area contributed by atoms with Gasteiger partial charge in [-0.1, -0.05) is 0 Å². The summed E-state index contributed by atoms with van der Waals surface area (Å²) in [6.45, 7) is 0.193. The van der Waals surface area contributed by atoms with E-state index in [0.29, 0.717) is 19.3 Å². The molecule has 0 atom stereocenters. The first-order valence-electron chi connectivity index (χ1n) is 3.48. The van der Waals surface area contributed by atoms with E-state index in [9.17, 15) is 4.39 Å². The molecule has 0 aromatic heterocycles. The van der Waals surface area contributed by atoms with Crippen molar-refractivity contribution in [3.8, 4) is 0 Å². The van der Waals surface area contributed by atoms with Gasteiger partial charge in [-0.2, -0.15) is 0 Å². The van der Waals surface area contributed by atoms with E-state index >= 15 is 0 Å². The molecule has 3 aliphatic rings. The van der Waals surface area contributed by atoms with Crippen LogP contribution in [-0.2, 0) is 0 Å². The Kier molecular flexibility index (Phi) is 0.825. The van der Waals surface area contributed by atoms with Crippen molar-refractivity contribution < 1.29 is 9.50 Å². The van der Waals surface area contributed by atoms with Crippen molar-refractivity contribution in [3.63, 3.8) is 0 Å². The van der Waals surface area contributed by atoms with Gasteiger partial charge in [-0.15, -0.1) is 0 Å². The highest BCUT2D eigenvalue weighted by Crippen LogP contribution is 2.63. The molecule has 0 spiro atoms. The Bertz CT molecular complexity index is 138. The molecular weight excluding hydrogens is 119 g/mol. The number of alkyl halides is 1. The van der Waals surface area contributed by atoms with Gasteiger partial charge in [0.25, 0.3) is 0 Å². The van der Waals surface area contributed by atoms with Crippen molar-refractivity contribution in [2.75, 3.05) is 6.61 Å². The highest BCUT2D eigenvalue weighted by Gasteiger charge is 2.61. The number of aliphatic hydroxyl groups is 1. The van der Waals surface area contributed by atoms with E-state index < -0.39 is 5.67 Å². The highest BCUT2D eigenvalue weighted by atomic mass is 19.1. The molecule has 3 rings (SSSR count). The van der Waals surface area contributed by atoms with Gasteiger partial charge in [-0.25, -0.2) is 4.39 Å². The zero-order valence-corrected chi connectivity index (χ0v) is 5.36. The van der Waals surface area contributed by atoms with Crippen LogP contribution in [0.2, 0.25) is 0 Å². The molecule has 0 aliphatic heterocycles. The van der Waals surface area contributed by atoms with E-state index in [1.807, 2.05) is 0 Å². The molecule has 0 saturated heterocycles. The SMILES string of the molecule is OCC12CCC(F)(C1)C2. The maximum Gasteiger partial charge on any atom is 0.112 e. The number of fused-ring (bicyclic) bond motifs is 1. The number of hydrogen-bond acceptors (Lipinski definition) is 1. The lowest BCUT2D eigenvalue weighted by Crippen LogP contribution is -2.41. The third-order valence-electron chi connectivity index (χ3n) is 2.82. The monoisotopic (exact) mass is 130 g/mol. The smallest absolute Gasteiger partial charge is 0.112 e. The molecule has 3 saturated carbocycles. The Morgan fingerprint density at radius 2 is 2.00 bits per heavy atom. The van der Waals surface area contributed by atoms with Crippen molar-refractivity contribution >= 4 is 0 Å². The van der Waals surface area contributed by atoms with Crippen LogP contribution in [0.25, 0.3) is 0 Å². The molecule has 0 amide bonds. The fraction of sp³-hybridized carbons (Fsp3) is 1.00. The quantitative estimate of drug-likeness (QED) is 0.566. The van der Waals surface area contributed by atoms with Crippen LogP contribution in [0, 0.1) is 5.41 Å². The molecule has 2 heteroatoms. The second-order valence-electron chi connectivity index (χ2n) is 3.66. The van der Waals surface area contributed by atoms with E-state index in [1.54, 1.807) is 0 Å². The lowest BCUT2D eigenvalue weighted by Gasteiger charge is -2.40. The number of hydrogen-bond donors (Lipinski definition) is 1. The second-order valence-corrected chi connectivity index (χ2v) is 3.66. The number of halogens is 1. The molecule has 52 valence electrons. The predicted octanol–water partition coefficient (Wildman–Crippen LogP) is 1.26. The zero-order chi connectivity index (χ0) is 6.54. The van der Waals surface area contributed by atoms with E-state index in [1.165, 1.54) is 0 Å². The van der Waals surface area contributed by atoms with E-state index in [2.05, 4.69) is 0 Å². The average Bonchev–Trinajstić information content (AvgIpc) is 2.20. The summed E-state index contributed by atoms with van der Waals surface area (Å²) in [6, 6.07) is 0. The van der Waals surface area contributed by atoms with Gasteiger partial charge in [0, 0.05) is 6.61 Å². The van der Waals surface area contributed by atoms with E-state index in [0.717, 1.165) is 6.42 Å². The van der Waals surface area contributed by atoms with Crippen LogP contribution in [0.1, 0.15) is 25.7 Å². The maximum atomic E-state index is 13.0. The molecule has 0 aromatic rings. The van der Waals surface area contributed by atoms with Crippen LogP contribution in [0.3, 0.4) is 0 Å². The van der Waals surface area contributed by atoms with Crippen LogP contribution in [-0.4, -0.2) is 17.4 Å². The van der Waals surface area contributed by atoms with Crippen LogP contribution in [0.5, 0.6) is 0 Å². The molecular formula is C7H11FO. The third kappa shape index (κ3) is 0.571. The van der Waals surface area contributed by atoms with Crippen molar-refractivity contribution in [3.05, 3.63) is 0 Å². The molecule has 3 fully saturated rings. The molecule has 0 radical (unpaired) electrons. The van der Waals surface area contributed by atoms with Gasteiger partial charge in [0.05, 0.1) is 0 Å². The standard InChI is InChI=1S/C7H11FO/c8-7-2-1-6(3-7,4-7)5-9/h9H,1-5H2. The molecule has 3 aliphatic carbocycles. The minimum atomic E-state index is -0.858. The Morgan fingerprint density at radius 3 is 2.22 bits per heavy atom. The average molecular weight is 130 g/mol. The molecule has 1 nitrogen and oxygen atoms in total. The third-order valence-corrected chi connectivity index (χ3v) is 2.82. The van der Waals surface area contributed by atoms with Crippen molar-refractivity contribution in [2.24, 2.45) is 5.41 Å². The summed E-state index contributed by atoms with van der Waals surface area (Å²) in [4.78, 5) is 0. The Morgan fingerprint density at radius 1 is 1.33 bits per heavy atom. The maximum absolute atomic E-state index is 13.0. The minimum Gasteiger partial charge on any atom is -0.396 e. The van der Waals surface area contributed by atoms with Gasteiger partial charge < -0.3 is 5.11 Å². The Labute approximate surface area is 53.9 Å². The fourth-order valence-electron chi connectivity index (χ4n) is 2.33.